The first kappa shape index (κ1) is 7.80. The molecule has 0 aliphatic heterocycles. The van der Waals surface area contributed by atoms with Crippen LogP contribution < -0.4 is 0 Å². The van der Waals surface area contributed by atoms with Crippen molar-refractivity contribution >= 4 is 0 Å². The Balaban J connectivity index is 2.65. The van der Waals surface area contributed by atoms with Gasteiger partial charge in [0.2, 0.25) is 0 Å². The zero-order valence-corrected chi connectivity index (χ0v) is 6.80. The van der Waals surface area contributed by atoms with Crippen molar-refractivity contribution in [3.8, 4) is 0 Å². The minimum atomic E-state index is -0.502. The zero-order chi connectivity index (χ0) is 7.61. The number of hydrogen-bond acceptors (Lipinski definition) is 1. The summed E-state index contributed by atoms with van der Waals surface area (Å²) in [7, 11) is 0. The largest absolute Gasteiger partial charge is 0.386 e. The summed E-state index contributed by atoms with van der Waals surface area (Å²) >= 11 is 0. The highest BCUT2D eigenvalue weighted by atomic mass is 16.3. The van der Waals surface area contributed by atoms with E-state index in [1.165, 1.54) is 0 Å². The summed E-state index contributed by atoms with van der Waals surface area (Å²) < 4.78 is 0. The quantitative estimate of drug-likeness (QED) is 0.553. The maximum Gasteiger partial charge on any atom is 0.0850 e. The van der Waals surface area contributed by atoms with E-state index >= 15 is 0 Å². The Hall–Kier alpha value is -0.300. The molecule has 0 heterocycles. The molecule has 0 spiro atoms. The normalized spacial score (nSPS) is 33.2. The zero-order valence-electron chi connectivity index (χ0n) is 6.80. The van der Waals surface area contributed by atoms with Gasteiger partial charge in [0, 0.05) is 0 Å². The maximum atomic E-state index is 9.86. The number of allylic oxidation sites excluding steroid dienone is 1. The van der Waals surface area contributed by atoms with Crippen molar-refractivity contribution in [1.82, 2.24) is 0 Å². The van der Waals surface area contributed by atoms with E-state index < -0.39 is 5.60 Å². The Labute approximate surface area is 62.8 Å². The van der Waals surface area contributed by atoms with Crippen molar-refractivity contribution in [2.24, 2.45) is 5.92 Å². The number of hydrogen-bond donors (Lipinski definition) is 1. The lowest BCUT2D eigenvalue weighted by molar-refractivity contribution is 0.0289. The molecule has 58 valence electrons. The van der Waals surface area contributed by atoms with Crippen LogP contribution in [0.15, 0.2) is 12.2 Å². The summed E-state index contributed by atoms with van der Waals surface area (Å²) in [5, 5.41) is 9.86. The third-order valence-corrected chi connectivity index (χ3v) is 2.35. The van der Waals surface area contributed by atoms with Crippen molar-refractivity contribution in [3.63, 3.8) is 0 Å². The molecule has 0 aromatic carbocycles. The predicted octanol–water partition coefficient (Wildman–Crippen LogP) is 2.11. The summed E-state index contributed by atoms with van der Waals surface area (Å²) in [5.74, 6) is 0.351. The van der Waals surface area contributed by atoms with E-state index in [4.69, 9.17) is 0 Å². The van der Waals surface area contributed by atoms with Crippen molar-refractivity contribution in [2.45, 2.75) is 38.7 Å². The van der Waals surface area contributed by atoms with Crippen LogP contribution in [0.4, 0.5) is 0 Å². The summed E-state index contributed by atoms with van der Waals surface area (Å²) in [6.45, 7) is 4.13. The lowest BCUT2D eigenvalue weighted by atomic mass is 9.82. The second kappa shape index (κ2) is 2.75. The van der Waals surface area contributed by atoms with Crippen molar-refractivity contribution in [3.05, 3.63) is 12.2 Å². The number of aliphatic hydroxyl groups is 1. The standard InChI is InChI=1S/C9H16O/c1-8(2)9(10)6-4-3-5-7-9/h4,6,8,10H,3,5,7H2,1-2H3. The molecular formula is C9H16O. The second-order valence-corrected chi connectivity index (χ2v) is 3.44. The summed E-state index contributed by atoms with van der Waals surface area (Å²) in [6.07, 6.45) is 7.24. The van der Waals surface area contributed by atoms with Gasteiger partial charge in [0.05, 0.1) is 5.60 Å². The van der Waals surface area contributed by atoms with Crippen LogP contribution in [0.3, 0.4) is 0 Å². The molecule has 0 amide bonds. The van der Waals surface area contributed by atoms with Gasteiger partial charge in [-0.15, -0.1) is 0 Å². The van der Waals surface area contributed by atoms with Crippen LogP contribution in [-0.4, -0.2) is 10.7 Å². The topological polar surface area (TPSA) is 20.2 Å². The highest BCUT2D eigenvalue weighted by Gasteiger charge is 2.28. The van der Waals surface area contributed by atoms with Gasteiger partial charge in [-0.1, -0.05) is 26.0 Å². The van der Waals surface area contributed by atoms with Crippen molar-refractivity contribution in [1.29, 1.82) is 0 Å². The SMILES string of the molecule is CC(C)C1(O)C=CCCC1. The predicted molar refractivity (Wildman–Crippen MR) is 42.8 cm³/mol. The van der Waals surface area contributed by atoms with Gasteiger partial charge in [0.1, 0.15) is 0 Å². The van der Waals surface area contributed by atoms with E-state index in [1.807, 2.05) is 6.08 Å². The molecule has 0 fully saturated rings. The molecule has 0 saturated heterocycles. The molecule has 0 radical (unpaired) electrons. The average Bonchev–Trinajstić information content (AvgIpc) is 1.89. The molecule has 1 N–H and O–H groups in total. The van der Waals surface area contributed by atoms with Gasteiger partial charge >= 0.3 is 0 Å². The van der Waals surface area contributed by atoms with Gasteiger partial charge in [-0.3, -0.25) is 0 Å². The molecule has 10 heavy (non-hydrogen) atoms. The summed E-state index contributed by atoms with van der Waals surface area (Å²) in [5.41, 5.74) is -0.502. The van der Waals surface area contributed by atoms with Crippen LogP contribution >= 0.6 is 0 Å². The molecule has 0 aromatic rings. The van der Waals surface area contributed by atoms with E-state index in [-0.39, 0.29) is 0 Å². The van der Waals surface area contributed by atoms with Gasteiger partial charge < -0.3 is 5.11 Å². The lowest BCUT2D eigenvalue weighted by Crippen LogP contribution is -2.33. The van der Waals surface area contributed by atoms with Gasteiger partial charge in [-0.2, -0.15) is 0 Å². The van der Waals surface area contributed by atoms with E-state index in [0.717, 1.165) is 19.3 Å². The van der Waals surface area contributed by atoms with E-state index in [0.29, 0.717) is 5.92 Å². The Morgan fingerprint density at radius 2 is 2.20 bits per heavy atom. The Bertz CT molecular complexity index is 138. The van der Waals surface area contributed by atoms with Crippen LogP contribution in [0, 0.1) is 5.92 Å². The molecule has 1 rings (SSSR count). The molecule has 0 aromatic heterocycles. The third kappa shape index (κ3) is 1.40. The van der Waals surface area contributed by atoms with Crippen LogP contribution in [-0.2, 0) is 0 Å². The van der Waals surface area contributed by atoms with Gasteiger partial charge in [0.25, 0.3) is 0 Å². The Morgan fingerprint density at radius 3 is 2.50 bits per heavy atom. The molecule has 0 bridgehead atoms. The van der Waals surface area contributed by atoms with E-state index in [1.54, 1.807) is 0 Å². The first-order chi connectivity index (χ1) is 4.65. The van der Waals surface area contributed by atoms with Crippen LogP contribution in [0.25, 0.3) is 0 Å². The lowest BCUT2D eigenvalue weighted by Gasteiger charge is -2.31. The first-order valence-electron chi connectivity index (χ1n) is 4.05. The average molecular weight is 140 g/mol. The Morgan fingerprint density at radius 1 is 1.50 bits per heavy atom. The maximum absolute atomic E-state index is 9.86. The highest BCUT2D eigenvalue weighted by molar-refractivity contribution is 5.06. The molecular weight excluding hydrogens is 124 g/mol. The fourth-order valence-electron chi connectivity index (χ4n) is 1.35. The monoisotopic (exact) mass is 140 g/mol. The molecule has 1 aliphatic carbocycles. The minimum absolute atomic E-state index is 0.351. The molecule has 1 heteroatoms. The summed E-state index contributed by atoms with van der Waals surface area (Å²) in [6, 6.07) is 0. The van der Waals surface area contributed by atoms with Gasteiger partial charge in [0.15, 0.2) is 0 Å². The smallest absolute Gasteiger partial charge is 0.0850 e. The second-order valence-electron chi connectivity index (χ2n) is 3.44. The molecule has 1 atom stereocenters. The highest BCUT2D eigenvalue weighted by Crippen LogP contribution is 2.28. The van der Waals surface area contributed by atoms with Crippen LogP contribution in [0.5, 0.6) is 0 Å². The van der Waals surface area contributed by atoms with Crippen molar-refractivity contribution in [2.75, 3.05) is 0 Å². The molecule has 1 unspecified atom stereocenters. The van der Waals surface area contributed by atoms with Crippen LogP contribution in [0.1, 0.15) is 33.1 Å². The molecule has 1 nitrogen and oxygen atoms in total. The molecule has 0 saturated carbocycles. The van der Waals surface area contributed by atoms with Gasteiger partial charge in [-0.05, 0) is 25.2 Å². The number of rotatable bonds is 1. The molecule has 1 aliphatic rings. The van der Waals surface area contributed by atoms with Crippen LogP contribution in [0.2, 0.25) is 0 Å². The minimum Gasteiger partial charge on any atom is -0.386 e. The van der Waals surface area contributed by atoms with Crippen molar-refractivity contribution < 1.29 is 5.11 Å². The fraction of sp³-hybridized carbons (Fsp3) is 0.778. The summed E-state index contributed by atoms with van der Waals surface area (Å²) in [4.78, 5) is 0. The van der Waals surface area contributed by atoms with E-state index in [2.05, 4.69) is 19.9 Å². The fourth-order valence-corrected chi connectivity index (χ4v) is 1.35. The van der Waals surface area contributed by atoms with E-state index in [9.17, 15) is 5.11 Å². The first-order valence-corrected chi connectivity index (χ1v) is 4.05. The Kier molecular flexibility index (Phi) is 2.14. The van der Waals surface area contributed by atoms with Gasteiger partial charge in [-0.25, -0.2) is 0 Å². The third-order valence-electron chi connectivity index (χ3n) is 2.35.